The number of carbonyl (C=O) groups excluding carboxylic acids is 1. The summed E-state index contributed by atoms with van der Waals surface area (Å²) >= 11 is 0. The maximum atomic E-state index is 11.7. The molecule has 1 saturated heterocycles. The van der Waals surface area contributed by atoms with E-state index in [-0.39, 0.29) is 0 Å². The number of nitrogens with one attached hydrogen (secondary N) is 2. The van der Waals surface area contributed by atoms with Crippen molar-refractivity contribution in [2.75, 3.05) is 33.2 Å². The standard InChI is InChI=1S/C25H41N5O/c1-3-26-25(27-16-10-18-30-17-9-15-24(30)31)28-19-21-11-7-8-12-22(21)20-29(2)23-13-5-4-6-14-23/h7-8,11-12,23H,3-6,9-10,13-20H2,1-2H3,(H2,26,27,28). The summed E-state index contributed by atoms with van der Waals surface area (Å²) < 4.78 is 0. The SMILES string of the molecule is CCNC(=NCc1ccccc1CN(C)C1CCCCC1)NCCCN1CCCC1=O. The number of hydrogen-bond acceptors (Lipinski definition) is 3. The van der Waals surface area contributed by atoms with Gasteiger partial charge in [0.05, 0.1) is 6.54 Å². The number of carbonyl (C=O) groups is 1. The third-order valence-electron chi connectivity index (χ3n) is 6.56. The molecule has 0 atom stereocenters. The van der Waals surface area contributed by atoms with E-state index >= 15 is 0 Å². The molecular weight excluding hydrogens is 386 g/mol. The fourth-order valence-electron chi connectivity index (χ4n) is 4.71. The van der Waals surface area contributed by atoms with Crippen LogP contribution in [0.5, 0.6) is 0 Å². The van der Waals surface area contributed by atoms with Crippen molar-refractivity contribution < 1.29 is 4.79 Å². The molecule has 31 heavy (non-hydrogen) atoms. The van der Waals surface area contributed by atoms with Gasteiger partial charge in [-0.2, -0.15) is 0 Å². The van der Waals surface area contributed by atoms with Gasteiger partial charge in [-0.1, -0.05) is 43.5 Å². The number of aliphatic imine (C=N–C) groups is 1. The minimum Gasteiger partial charge on any atom is -0.357 e. The molecule has 0 radical (unpaired) electrons. The Morgan fingerprint density at radius 1 is 1.13 bits per heavy atom. The number of rotatable bonds is 10. The molecule has 172 valence electrons. The lowest BCUT2D eigenvalue weighted by Gasteiger charge is -2.31. The fourth-order valence-corrected chi connectivity index (χ4v) is 4.71. The Kier molecular flexibility index (Phi) is 9.66. The molecule has 1 aromatic carbocycles. The molecular formula is C25H41N5O. The number of likely N-dealkylation sites (tertiary alicyclic amines) is 1. The Morgan fingerprint density at radius 2 is 1.90 bits per heavy atom. The predicted molar refractivity (Wildman–Crippen MR) is 128 cm³/mol. The minimum absolute atomic E-state index is 0.301. The molecule has 6 heteroatoms. The summed E-state index contributed by atoms with van der Waals surface area (Å²) in [5.41, 5.74) is 2.67. The van der Waals surface area contributed by atoms with Crippen molar-refractivity contribution in [1.29, 1.82) is 0 Å². The summed E-state index contributed by atoms with van der Waals surface area (Å²) in [7, 11) is 2.27. The quantitative estimate of drug-likeness (QED) is 0.341. The van der Waals surface area contributed by atoms with Crippen LogP contribution in [0.1, 0.15) is 69.4 Å². The van der Waals surface area contributed by atoms with Gasteiger partial charge in [0.15, 0.2) is 5.96 Å². The number of guanidine groups is 1. The second kappa shape index (κ2) is 12.7. The zero-order chi connectivity index (χ0) is 21.9. The maximum Gasteiger partial charge on any atom is 0.222 e. The van der Waals surface area contributed by atoms with Gasteiger partial charge < -0.3 is 15.5 Å². The van der Waals surface area contributed by atoms with E-state index in [9.17, 15) is 4.79 Å². The highest BCUT2D eigenvalue weighted by Gasteiger charge is 2.20. The van der Waals surface area contributed by atoms with Gasteiger partial charge in [0.2, 0.25) is 5.91 Å². The van der Waals surface area contributed by atoms with Crippen molar-refractivity contribution in [3.63, 3.8) is 0 Å². The van der Waals surface area contributed by atoms with Gasteiger partial charge in [-0.3, -0.25) is 9.69 Å². The smallest absolute Gasteiger partial charge is 0.222 e. The van der Waals surface area contributed by atoms with E-state index in [0.29, 0.717) is 24.9 Å². The predicted octanol–water partition coefficient (Wildman–Crippen LogP) is 3.52. The number of hydrogen-bond donors (Lipinski definition) is 2. The van der Waals surface area contributed by atoms with E-state index in [0.717, 1.165) is 51.5 Å². The normalized spacial score (nSPS) is 18.1. The third-order valence-corrected chi connectivity index (χ3v) is 6.56. The molecule has 6 nitrogen and oxygen atoms in total. The molecule has 0 unspecified atom stereocenters. The van der Waals surface area contributed by atoms with Crippen LogP contribution < -0.4 is 10.6 Å². The van der Waals surface area contributed by atoms with E-state index in [2.05, 4.69) is 53.8 Å². The lowest BCUT2D eigenvalue weighted by atomic mass is 9.94. The lowest BCUT2D eigenvalue weighted by molar-refractivity contribution is -0.127. The molecule has 1 heterocycles. The molecule has 1 amide bonds. The summed E-state index contributed by atoms with van der Waals surface area (Å²) in [4.78, 5) is 21.1. The highest BCUT2D eigenvalue weighted by atomic mass is 16.2. The van der Waals surface area contributed by atoms with Crippen LogP contribution >= 0.6 is 0 Å². The van der Waals surface area contributed by atoms with E-state index in [1.165, 1.54) is 43.2 Å². The highest BCUT2D eigenvalue weighted by Crippen LogP contribution is 2.23. The van der Waals surface area contributed by atoms with Crippen molar-refractivity contribution in [2.24, 2.45) is 4.99 Å². The number of benzene rings is 1. The second-order valence-electron chi connectivity index (χ2n) is 8.94. The van der Waals surface area contributed by atoms with Crippen LogP contribution in [-0.4, -0.2) is 60.9 Å². The number of nitrogens with zero attached hydrogens (tertiary/aromatic N) is 3. The molecule has 3 rings (SSSR count). The molecule has 2 N–H and O–H groups in total. The van der Waals surface area contributed by atoms with Gasteiger partial charge >= 0.3 is 0 Å². The topological polar surface area (TPSA) is 60.0 Å². The van der Waals surface area contributed by atoms with E-state index in [1.54, 1.807) is 0 Å². The van der Waals surface area contributed by atoms with Crippen molar-refractivity contribution >= 4 is 11.9 Å². The summed E-state index contributed by atoms with van der Waals surface area (Å²) in [6.07, 6.45) is 9.44. The van der Waals surface area contributed by atoms with Crippen LogP contribution in [0.4, 0.5) is 0 Å². The first-order chi connectivity index (χ1) is 15.2. The van der Waals surface area contributed by atoms with Gasteiger partial charge in [-0.05, 0) is 50.8 Å². The molecule has 0 bridgehead atoms. The van der Waals surface area contributed by atoms with Crippen LogP contribution in [0.25, 0.3) is 0 Å². The zero-order valence-electron chi connectivity index (χ0n) is 19.5. The van der Waals surface area contributed by atoms with Crippen molar-refractivity contribution in [3.05, 3.63) is 35.4 Å². The lowest BCUT2D eigenvalue weighted by Crippen LogP contribution is -2.39. The monoisotopic (exact) mass is 427 g/mol. The second-order valence-corrected chi connectivity index (χ2v) is 8.94. The number of amides is 1. The molecule has 1 aromatic rings. The van der Waals surface area contributed by atoms with E-state index in [1.807, 2.05) is 4.90 Å². The average molecular weight is 428 g/mol. The first kappa shape index (κ1) is 23.6. The van der Waals surface area contributed by atoms with Gasteiger partial charge in [0.25, 0.3) is 0 Å². The minimum atomic E-state index is 0.301. The third kappa shape index (κ3) is 7.53. The van der Waals surface area contributed by atoms with Crippen LogP contribution in [0, 0.1) is 0 Å². The van der Waals surface area contributed by atoms with Crippen molar-refractivity contribution in [1.82, 2.24) is 20.4 Å². The van der Waals surface area contributed by atoms with E-state index in [4.69, 9.17) is 4.99 Å². The molecule has 0 aromatic heterocycles. The zero-order valence-corrected chi connectivity index (χ0v) is 19.5. The average Bonchev–Trinajstić information content (AvgIpc) is 3.21. The van der Waals surface area contributed by atoms with Crippen molar-refractivity contribution in [2.45, 2.75) is 77.4 Å². The Morgan fingerprint density at radius 3 is 2.61 bits per heavy atom. The summed E-state index contributed by atoms with van der Waals surface area (Å²) in [6.45, 7) is 7.16. The van der Waals surface area contributed by atoms with Crippen LogP contribution in [0.3, 0.4) is 0 Å². The molecule has 1 saturated carbocycles. The van der Waals surface area contributed by atoms with E-state index < -0.39 is 0 Å². The van der Waals surface area contributed by atoms with Crippen LogP contribution in [0.2, 0.25) is 0 Å². The van der Waals surface area contributed by atoms with Gasteiger partial charge in [0.1, 0.15) is 0 Å². The van der Waals surface area contributed by atoms with Crippen LogP contribution in [0.15, 0.2) is 29.3 Å². The Balaban J connectivity index is 1.51. The van der Waals surface area contributed by atoms with Gasteiger partial charge in [0, 0.05) is 45.2 Å². The first-order valence-corrected chi connectivity index (χ1v) is 12.2. The fraction of sp³-hybridized carbons (Fsp3) is 0.680. The molecule has 2 aliphatic rings. The molecule has 1 aliphatic heterocycles. The Hall–Kier alpha value is -2.08. The van der Waals surface area contributed by atoms with Gasteiger partial charge in [-0.25, -0.2) is 4.99 Å². The molecule has 1 aliphatic carbocycles. The maximum absolute atomic E-state index is 11.7. The Labute approximate surface area is 188 Å². The molecule has 0 spiro atoms. The van der Waals surface area contributed by atoms with Crippen LogP contribution in [-0.2, 0) is 17.9 Å². The highest BCUT2D eigenvalue weighted by molar-refractivity contribution is 5.80. The summed E-state index contributed by atoms with van der Waals surface area (Å²) in [6, 6.07) is 9.42. The Bertz CT molecular complexity index is 714. The molecule has 2 fully saturated rings. The first-order valence-electron chi connectivity index (χ1n) is 12.2. The summed E-state index contributed by atoms with van der Waals surface area (Å²) in [5.74, 6) is 1.15. The van der Waals surface area contributed by atoms with Gasteiger partial charge in [-0.15, -0.1) is 0 Å². The summed E-state index contributed by atoms with van der Waals surface area (Å²) in [5, 5.41) is 6.78. The largest absolute Gasteiger partial charge is 0.357 e. The van der Waals surface area contributed by atoms with Crippen molar-refractivity contribution in [3.8, 4) is 0 Å².